The maximum atomic E-state index is 10.1. The molecular weight excluding hydrogens is 188 g/mol. The van der Waals surface area contributed by atoms with Gasteiger partial charge >= 0.3 is 0 Å². The smallest absolute Gasteiger partial charge is 0.119 e. The van der Waals surface area contributed by atoms with E-state index in [-0.39, 0.29) is 5.41 Å². The lowest BCUT2D eigenvalue weighted by atomic mass is 9.84. The molecule has 2 heteroatoms. The molecule has 0 aliphatic rings. The Kier molecular flexibility index (Phi) is 3.40. The van der Waals surface area contributed by atoms with Gasteiger partial charge in [-0.3, -0.25) is 0 Å². The Bertz CT molecular complexity index is 337. The second-order valence-corrected chi connectivity index (χ2v) is 5.05. The van der Waals surface area contributed by atoms with E-state index in [0.29, 0.717) is 0 Å². The van der Waals surface area contributed by atoms with Crippen molar-refractivity contribution in [1.29, 1.82) is 0 Å². The van der Waals surface area contributed by atoms with Crippen molar-refractivity contribution in [1.82, 2.24) is 0 Å². The summed E-state index contributed by atoms with van der Waals surface area (Å²) in [6.07, 6.45) is -0.466. The molecule has 0 aliphatic heterocycles. The molecular formula is C13H20O2. The van der Waals surface area contributed by atoms with E-state index in [4.69, 9.17) is 4.74 Å². The van der Waals surface area contributed by atoms with Crippen LogP contribution in [-0.4, -0.2) is 12.2 Å². The second kappa shape index (κ2) is 4.23. The first-order valence-electron chi connectivity index (χ1n) is 5.18. The summed E-state index contributed by atoms with van der Waals surface area (Å²) in [6.45, 7) is 8.06. The van der Waals surface area contributed by atoms with Crippen molar-refractivity contribution in [2.45, 2.75) is 33.8 Å². The largest absolute Gasteiger partial charge is 0.497 e. The van der Waals surface area contributed by atoms with Crippen molar-refractivity contribution < 1.29 is 9.84 Å². The molecule has 0 saturated carbocycles. The number of benzene rings is 1. The zero-order chi connectivity index (χ0) is 11.6. The van der Waals surface area contributed by atoms with Crippen LogP contribution in [-0.2, 0) is 0 Å². The number of aliphatic hydroxyl groups is 1. The Morgan fingerprint density at radius 1 is 1.20 bits per heavy atom. The van der Waals surface area contributed by atoms with Gasteiger partial charge in [-0.15, -0.1) is 0 Å². The minimum absolute atomic E-state index is 0.154. The first kappa shape index (κ1) is 12.1. The zero-order valence-corrected chi connectivity index (χ0v) is 10.2. The fourth-order valence-corrected chi connectivity index (χ4v) is 1.55. The molecule has 1 rings (SSSR count). The lowest BCUT2D eigenvalue weighted by Crippen LogP contribution is -2.17. The third-order valence-electron chi connectivity index (χ3n) is 2.44. The zero-order valence-electron chi connectivity index (χ0n) is 10.2. The summed E-state index contributed by atoms with van der Waals surface area (Å²) in [5.74, 6) is 0.799. The molecule has 0 fully saturated rings. The number of methoxy groups -OCH3 is 1. The monoisotopic (exact) mass is 208 g/mol. The Hall–Kier alpha value is -1.02. The van der Waals surface area contributed by atoms with E-state index in [2.05, 4.69) is 0 Å². The molecule has 0 saturated heterocycles. The van der Waals surface area contributed by atoms with Crippen LogP contribution in [0, 0.1) is 12.3 Å². The predicted molar refractivity (Wildman–Crippen MR) is 62.1 cm³/mol. The maximum absolute atomic E-state index is 10.1. The normalized spacial score (nSPS) is 13.7. The minimum atomic E-state index is -0.466. The lowest BCUT2D eigenvalue weighted by Gasteiger charge is -2.26. The third kappa shape index (κ3) is 2.96. The first-order valence-corrected chi connectivity index (χ1v) is 5.18. The molecule has 0 heterocycles. The van der Waals surface area contributed by atoms with Gasteiger partial charge in [0.25, 0.3) is 0 Å². The molecule has 0 bridgehead atoms. The van der Waals surface area contributed by atoms with Gasteiger partial charge in [0.05, 0.1) is 13.2 Å². The number of ether oxygens (including phenoxy) is 1. The number of rotatable bonds is 2. The Labute approximate surface area is 91.9 Å². The van der Waals surface area contributed by atoms with Crippen molar-refractivity contribution in [3.63, 3.8) is 0 Å². The SMILES string of the molecule is COc1cc(C)cc(C(O)C(C)(C)C)c1. The van der Waals surface area contributed by atoms with E-state index in [1.54, 1.807) is 7.11 Å². The Balaban J connectivity index is 3.09. The molecule has 0 aromatic heterocycles. The van der Waals surface area contributed by atoms with Gasteiger partial charge < -0.3 is 9.84 Å². The molecule has 1 N–H and O–H groups in total. The topological polar surface area (TPSA) is 29.5 Å². The fourth-order valence-electron chi connectivity index (χ4n) is 1.55. The van der Waals surface area contributed by atoms with E-state index in [1.807, 2.05) is 45.9 Å². The number of hydrogen-bond acceptors (Lipinski definition) is 2. The van der Waals surface area contributed by atoms with Crippen molar-refractivity contribution in [3.8, 4) is 5.75 Å². The standard InChI is InChI=1S/C13H20O2/c1-9-6-10(8-11(7-9)15-5)12(14)13(2,3)4/h6-8,12,14H,1-5H3. The highest BCUT2D eigenvalue weighted by Gasteiger charge is 2.24. The molecule has 0 spiro atoms. The van der Waals surface area contributed by atoms with E-state index >= 15 is 0 Å². The number of aryl methyl sites for hydroxylation is 1. The Morgan fingerprint density at radius 3 is 2.27 bits per heavy atom. The molecule has 2 nitrogen and oxygen atoms in total. The van der Waals surface area contributed by atoms with Gasteiger partial charge in [-0.05, 0) is 35.6 Å². The maximum Gasteiger partial charge on any atom is 0.119 e. The van der Waals surface area contributed by atoms with Crippen LogP contribution in [0.1, 0.15) is 38.0 Å². The van der Waals surface area contributed by atoms with Gasteiger partial charge in [0.2, 0.25) is 0 Å². The molecule has 1 aromatic carbocycles. The van der Waals surface area contributed by atoms with E-state index in [0.717, 1.165) is 16.9 Å². The fraction of sp³-hybridized carbons (Fsp3) is 0.538. The summed E-state index contributed by atoms with van der Waals surface area (Å²) in [6, 6.07) is 5.85. The van der Waals surface area contributed by atoms with Crippen molar-refractivity contribution in [3.05, 3.63) is 29.3 Å². The van der Waals surface area contributed by atoms with Gasteiger partial charge in [-0.1, -0.05) is 26.8 Å². The summed E-state index contributed by atoms with van der Waals surface area (Å²) < 4.78 is 5.19. The highest BCUT2D eigenvalue weighted by atomic mass is 16.5. The quantitative estimate of drug-likeness (QED) is 0.809. The molecule has 1 unspecified atom stereocenters. The lowest BCUT2D eigenvalue weighted by molar-refractivity contribution is 0.0624. The van der Waals surface area contributed by atoms with Crippen LogP contribution in [0.4, 0.5) is 0 Å². The van der Waals surface area contributed by atoms with Crippen LogP contribution in [0.2, 0.25) is 0 Å². The van der Waals surface area contributed by atoms with Crippen LogP contribution in [0.3, 0.4) is 0 Å². The van der Waals surface area contributed by atoms with E-state index < -0.39 is 6.10 Å². The highest BCUT2D eigenvalue weighted by Crippen LogP contribution is 2.34. The predicted octanol–water partition coefficient (Wildman–Crippen LogP) is 3.08. The average Bonchev–Trinajstić information content (AvgIpc) is 2.14. The van der Waals surface area contributed by atoms with Crippen molar-refractivity contribution in [2.24, 2.45) is 5.41 Å². The molecule has 0 aliphatic carbocycles. The minimum Gasteiger partial charge on any atom is -0.497 e. The highest BCUT2D eigenvalue weighted by molar-refractivity contribution is 5.35. The molecule has 1 aromatic rings. The molecule has 1 atom stereocenters. The third-order valence-corrected chi connectivity index (χ3v) is 2.44. The van der Waals surface area contributed by atoms with Crippen LogP contribution in [0.25, 0.3) is 0 Å². The summed E-state index contributed by atoms with van der Waals surface area (Å²) >= 11 is 0. The molecule has 15 heavy (non-hydrogen) atoms. The average molecular weight is 208 g/mol. The molecule has 0 amide bonds. The summed E-state index contributed by atoms with van der Waals surface area (Å²) in [4.78, 5) is 0. The van der Waals surface area contributed by atoms with Crippen LogP contribution in [0.5, 0.6) is 5.75 Å². The van der Waals surface area contributed by atoms with E-state index in [1.165, 1.54) is 0 Å². The van der Waals surface area contributed by atoms with E-state index in [9.17, 15) is 5.11 Å². The van der Waals surface area contributed by atoms with Gasteiger partial charge in [-0.25, -0.2) is 0 Å². The van der Waals surface area contributed by atoms with Crippen molar-refractivity contribution in [2.75, 3.05) is 7.11 Å². The van der Waals surface area contributed by atoms with Crippen LogP contribution < -0.4 is 4.74 Å². The van der Waals surface area contributed by atoms with Gasteiger partial charge in [-0.2, -0.15) is 0 Å². The number of aliphatic hydroxyl groups excluding tert-OH is 1. The first-order chi connectivity index (χ1) is 6.84. The van der Waals surface area contributed by atoms with Crippen LogP contribution >= 0.6 is 0 Å². The van der Waals surface area contributed by atoms with Gasteiger partial charge in [0, 0.05) is 0 Å². The molecule has 0 radical (unpaired) electrons. The molecule has 84 valence electrons. The summed E-state index contributed by atoms with van der Waals surface area (Å²) in [5.41, 5.74) is 1.87. The summed E-state index contributed by atoms with van der Waals surface area (Å²) in [5, 5.41) is 10.1. The summed E-state index contributed by atoms with van der Waals surface area (Å²) in [7, 11) is 1.64. The van der Waals surface area contributed by atoms with Gasteiger partial charge in [0.1, 0.15) is 5.75 Å². The second-order valence-electron chi connectivity index (χ2n) is 5.05. The van der Waals surface area contributed by atoms with Gasteiger partial charge in [0.15, 0.2) is 0 Å². The Morgan fingerprint density at radius 2 is 1.80 bits per heavy atom. The number of hydrogen-bond donors (Lipinski definition) is 1. The van der Waals surface area contributed by atoms with Crippen LogP contribution in [0.15, 0.2) is 18.2 Å². The van der Waals surface area contributed by atoms with Crippen molar-refractivity contribution >= 4 is 0 Å².